The lowest BCUT2D eigenvalue weighted by Crippen LogP contribution is -2.31. The summed E-state index contributed by atoms with van der Waals surface area (Å²) in [5.74, 6) is -0.162. The van der Waals surface area contributed by atoms with Gasteiger partial charge in [0, 0.05) is 12.1 Å². The van der Waals surface area contributed by atoms with Crippen molar-refractivity contribution in [1.82, 2.24) is 5.32 Å². The van der Waals surface area contributed by atoms with Crippen LogP contribution in [0.2, 0.25) is 0 Å². The van der Waals surface area contributed by atoms with Crippen molar-refractivity contribution in [3.8, 4) is 5.75 Å². The van der Waals surface area contributed by atoms with Gasteiger partial charge in [0.2, 0.25) is 0 Å². The minimum atomic E-state index is -0.912. The highest BCUT2D eigenvalue weighted by Gasteiger charge is 2.28. The molecule has 0 radical (unpaired) electrons. The summed E-state index contributed by atoms with van der Waals surface area (Å²) >= 11 is 3.44. The van der Waals surface area contributed by atoms with E-state index in [-0.39, 0.29) is 6.61 Å². The van der Waals surface area contributed by atoms with Gasteiger partial charge in [-0.05, 0) is 42.4 Å². The lowest BCUT2D eigenvalue weighted by Gasteiger charge is -2.21. The van der Waals surface area contributed by atoms with Crippen molar-refractivity contribution in [2.24, 2.45) is 5.41 Å². The SMILES string of the molecule is CCNCc1cccc(Br)c1OCC(C)(C)C(=O)O. The standard InChI is InChI=1S/C14H20BrNO3/c1-4-16-8-10-6-5-7-11(15)12(10)19-9-14(2,3)13(17)18/h5-7,16H,4,8-9H2,1-3H3,(H,17,18). The molecule has 5 heteroatoms. The normalized spacial score (nSPS) is 11.4. The van der Waals surface area contributed by atoms with Crippen molar-refractivity contribution in [3.63, 3.8) is 0 Å². The number of hydrogen-bond acceptors (Lipinski definition) is 3. The van der Waals surface area contributed by atoms with E-state index in [9.17, 15) is 4.79 Å². The van der Waals surface area contributed by atoms with Crippen LogP contribution in [-0.2, 0) is 11.3 Å². The predicted molar refractivity (Wildman–Crippen MR) is 78.4 cm³/mol. The number of aliphatic carboxylic acids is 1. The first kappa shape index (κ1) is 16.0. The summed E-state index contributed by atoms with van der Waals surface area (Å²) in [6.45, 7) is 7.02. The molecule has 19 heavy (non-hydrogen) atoms. The molecular weight excluding hydrogens is 310 g/mol. The van der Waals surface area contributed by atoms with Crippen LogP contribution in [0.25, 0.3) is 0 Å². The summed E-state index contributed by atoms with van der Waals surface area (Å²) in [5.41, 5.74) is 0.0995. The molecule has 0 bridgehead atoms. The molecule has 0 saturated heterocycles. The highest BCUT2D eigenvalue weighted by atomic mass is 79.9. The third-order valence-corrected chi connectivity index (χ3v) is 3.39. The van der Waals surface area contributed by atoms with Gasteiger partial charge in [-0.1, -0.05) is 19.1 Å². The molecule has 0 saturated carbocycles. The van der Waals surface area contributed by atoms with Crippen LogP contribution >= 0.6 is 15.9 Å². The van der Waals surface area contributed by atoms with Gasteiger partial charge in [0.15, 0.2) is 0 Å². The number of ether oxygens (including phenoxy) is 1. The molecule has 0 fully saturated rings. The van der Waals surface area contributed by atoms with E-state index < -0.39 is 11.4 Å². The molecule has 0 amide bonds. The lowest BCUT2D eigenvalue weighted by atomic mass is 9.95. The molecule has 106 valence electrons. The topological polar surface area (TPSA) is 58.6 Å². The zero-order valence-electron chi connectivity index (χ0n) is 11.5. The number of para-hydroxylation sites is 1. The molecular formula is C14H20BrNO3. The molecule has 0 unspecified atom stereocenters. The molecule has 1 rings (SSSR count). The lowest BCUT2D eigenvalue weighted by molar-refractivity contribution is -0.148. The van der Waals surface area contributed by atoms with E-state index in [1.165, 1.54) is 0 Å². The number of hydrogen-bond donors (Lipinski definition) is 2. The van der Waals surface area contributed by atoms with E-state index in [0.29, 0.717) is 12.3 Å². The fourth-order valence-electron chi connectivity index (χ4n) is 1.43. The molecule has 1 aromatic carbocycles. The summed E-state index contributed by atoms with van der Waals surface area (Å²) in [5, 5.41) is 12.3. The van der Waals surface area contributed by atoms with Gasteiger partial charge < -0.3 is 15.2 Å². The van der Waals surface area contributed by atoms with E-state index in [0.717, 1.165) is 16.6 Å². The maximum absolute atomic E-state index is 11.1. The summed E-state index contributed by atoms with van der Waals surface area (Å²) in [6, 6.07) is 5.79. The van der Waals surface area contributed by atoms with Crippen LogP contribution in [0.1, 0.15) is 26.3 Å². The summed E-state index contributed by atoms with van der Waals surface area (Å²) < 4.78 is 6.56. The van der Waals surface area contributed by atoms with Crippen LogP contribution in [-0.4, -0.2) is 24.2 Å². The Hall–Kier alpha value is -1.07. The van der Waals surface area contributed by atoms with E-state index in [1.54, 1.807) is 13.8 Å². The maximum atomic E-state index is 11.1. The van der Waals surface area contributed by atoms with Gasteiger partial charge in [-0.2, -0.15) is 0 Å². The second-order valence-electron chi connectivity index (χ2n) is 4.99. The number of benzene rings is 1. The third-order valence-electron chi connectivity index (χ3n) is 2.77. The Morgan fingerprint density at radius 2 is 2.16 bits per heavy atom. The van der Waals surface area contributed by atoms with Gasteiger partial charge in [-0.3, -0.25) is 4.79 Å². The zero-order chi connectivity index (χ0) is 14.5. The minimum absolute atomic E-state index is 0.129. The molecule has 1 aromatic rings. The number of nitrogens with one attached hydrogen (secondary N) is 1. The summed E-state index contributed by atoms with van der Waals surface area (Å²) in [6.07, 6.45) is 0. The molecule has 0 aliphatic heterocycles. The van der Waals surface area contributed by atoms with Crippen LogP contribution in [0, 0.1) is 5.41 Å². The molecule has 0 spiro atoms. The second-order valence-corrected chi connectivity index (χ2v) is 5.84. The van der Waals surface area contributed by atoms with Gasteiger partial charge in [0.05, 0.1) is 9.89 Å². The van der Waals surface area contributed by atoms with Crippen LogP contribution in [0.5, 0.6) is 5.75 Å². The van der Waals surface area contributed by atoms with Crippen LogP contribution in [0.3, 0.4) is 0 Å². The van der Waals surface area contributed by atoms with Crippen molar-refractivity contribution in [3.05, 3.63) is 28.2 Å². The summed E-state index contributed by atoms with van der Waals surface area (Å²) in [4.78, 5) is 11.1. The average molecular weight is 330 g/mol. The van der Waals surface area contributed by atoms with E-state index in [1.807, 2.05) is 25.1 Å². The monoisotopic (exact) mass is 329 g/mol. The molecule has 0 atom stereocenters. The van der Waals surface area contributed by atoms with Crippen molar-refractivity contribution in [1.29, 1.82) is 0 Å². The van der Waals surface area contributed by atoms with Crippen LogP contribution in [0.15, 0.2) is 22.7 Å². The number of carboxylic acids is 1. The predicted octanol–water partition coefficient (Wildman–Crippen LogP) is 3.05. The Morgan fingerprint density at radius 3 is 2.74 bits per heavy atom. The molecule has 0 aliphatic carbocycles. The highest BCUT2D eigenvalue weighted by molar-refractivity contribution is 9.10. The third kappa shape index (κ3) is 4.51. The van der Waals surface area contributed by atoms with Gasteiger partial charge in [0.25, 0.3) is 0 Å². The van der Waals surface area contributed by atoms with Gasteiger partial charge >= 0.3 is 5.97 Å². The van der Waals surface area contributed by atoms with Gasteiger partial charge in [0.1, 0.15) is 12.4 Å². The average Bonchev–Trinajstić information content (AvgIpc) is 2.34. The largest absolute Gasteiger partial charge is 0.491 e. The van der Waals surface area contributed by atoms with Crippen LogP contribution in [0.4, 0.5) is 0 Å². The number of carbonyl (C=O) groups is 1. The molecule has 0 heterocycles. The molecule has 0 aliphatic rings. The van der Waals surface area contributed by atoms with Crippen molar-refractivity contribution in [2.75, 3.05) is 13.2 Å². The van der Waals surface area contributed by atoms with E-state index in [2.05, 4.69) is 21.2 Å². The molecule has 2 N–H and O–H groups in total. The van der Waals surface area contributed by atoms with E-state index in [4.69, 9.17) is 9.84 Å². The summed E-state index contributed by atoms with van der Waals surface area (Å²) in [7, 11) is 0. The zero-order valence-corrected chi connectivity index (χ0v) is 13.1. The first-order chi connectivity index (χ1) is 8.88. The van der Waals surface area contributed by atoms with Crippen molar-refractivity contribution < 1.29 is 14.6 Å². The first-order valence-electron chi connectivity index (χ1n) is 6.22. The number of carboxylic acid groups (broad SMARTS) is 1. The Bertz CT molecular complexity index is 446. The van der Waals surface area contributed by atoms with Gasteiger partial charge in [-0.25, -0.2) is 0 Å². The fraction of sp³-hybridized carbons (Fsp3) is 0.500. The Labute approximate surface area is 122 Å². The highest BCUT2D eigenvalue weighted by Crippen LogP contribution is 2.30. The smallest absolute Gasteiger partial charge is 0.312 e. The van der Waals surface area contributed by atoms with Crippen molar-refractivity contribution in [2.45, 2.75) is 27.3 Å². The molecule has 4 nitrogen and oxygen atoms in total. The minimum Gasteiger partial charge on any atom is -0.491 e. The quantitative estimate of drug-likeness (QED) is 0.807. The maximum Gasteiger partial charge on any atom is 0.312 e. The number of halogens is 1. The Morgan fingerprint density at radius 1 is 1.47 bits per heavy atom. The number of rotatable bonds is 7. The van der Waals surface area contributed by atoms with Crippen LogP contribution < -0.4 is 10.1 Å². The Balaban J connectivity index is 2.84. The van der Waals surface area contributed by atoms with Gasteiger partial charge in [-0.15, -0.1) is 0 Å². The van der Waals surface area contributed by atoms with Crippen molar-refractivity contribution >= 4 is 21.9 Å². The molecule has 0 aromatic heterocycles. The fourth-order valence-corrected chi connectivity index (χ4v) is 1.95. The van der Waals surface area contributed by atoms with E-state index >= 15 is 0 Å². The Kier molecular flexibility index (Phi) is 5.82. The second kappa shape index (κ2) is 6.91. The first-order valence-corrected chi connectivity index (χ1v) is 7.02.